The first-order chi connectivity index (χ1) is 12.5. The normalized spacial score (nSPS) is 17.5. The summed E-state index contributed by atoms with van der Waals surface area (Å²) in [5, 5.41) is 2.83. The van der Waals surface area contributed by atoms with Crippen molar-refractivity contribution in [2.24, 2.45) is 0 Å². The summed E-state index contributed by atoms with van der Waals surface area (Å²) in [6.07, 6.45) is 0.823. The van der Waals surface area contributed by atoms with Crippen molar-refractivity contribution in [2.45, 2.75) is 25.3 Å². The second kappa shape index (κ2) is 8.08. The first-order valence-electron chi connectivity index (χ1n) is 8.59. The minimum absolute atomic E-state index is 0.125. The predicted molar refractivity (Wildman–Crippen MR) is 93.3 cm³/mol. The quantitative estimate of drug-likeness (QED) is 0.913. The molecule has 6 heteroatoms. The van der Waals surface area contributed by atoms with Gasteiger partial charge in [0.1, 0.15) is 17.7 Å². The van der Waals surface area contributed by atoms with Crippen LogP contribution in [0.3, 0.4) is 0 Å². The maximum Gasteiger partial charge on any atom is 0.243 e. The molecule has 26 heavy (non-hydrogen) atoms. The van der Waals surface area contributed by atoms with Gasteiger partial charge in [-0.2, -0.15) is 0 Å². The molecule has 1 saturated heterocycles. The molecule has 1 unspecified atom stereocenters. The lowest BCUT2D eigenvalue weighted by molar-refractivity contribution is -0.139. The van der Waals surface area contributed by atoms with E-state index in [1.165, 1.54) is 11.0 Å². The number of nitrogens with zero attached hydrogens (tertiary/aromatic N) is 1. The first kappa shape index (κ1) is 18.0. The third kappa shape index (κ3) is 4.25. The van der Waals surface area contributed by atoms with Gasteiger partial charge in [0.15, 0.2) is 0 Å². The Hall–Kier alpha value is -2.76. The summed E-state index contributed by atoms with van der Waals surface area (Å²) in [7, 11) is 0. The Morgan fingerprint density at radius 3 is 2.65 bits per heavy atom. The van der Waals surface area contributed by atoms with E-state index in [0.29, 0.717) is 25.9 Å². The average Bonchev–Trinajstić information content (AvgIpc) is 2.80. The zero-order valence-electron chi connectivity index (χ0n) is 14.3. The number of carbonyl (C=O) groups is 2. The fourth-order valence-corrected chi connectivity index (χ4v) is 3.14. The molecule has 1 N–H and O–H groups in total. The number of rotatable bonds is 4. The molecule has 0 radical (unpaired) electrons. The van der Waals surface area contributed by atoms with Gasteiger partial charge in [-0.15, -0.1) is 0 Å². The molecular weight excluding hydrogens is 338 g/mol. The second-order valence-electron chi connectivity index (χ2n) is 6.35. The summed E-state index contributed by atoms with van der Waals surface area (Å²) in [4.78, 5) is 26.8. The third-order valence-corrected chi connectivity index (χ3v) is 4.50. The van der Waals surface area contributed by atoms with Crippen LogP contribution in [0.4, 0.5) is 8.78 Å². The summed E-state index contributed by atoms with van der Waals surface area (Å²) >= 11 is 0. The van der Waals surface area contributed by atoms with E-state index < -0.39 is 17.7 Å². The molecular formula is C20H20F2N2O2. The van der Waals surface area contributed by atoms with Crippen molar-refractivity contribution in [1.82, 2.24) is 10.2 Å². The highest BCUT2D eigenvalue weighted by Crippen LogP contribution is 2.16. The van der Waals surface area contributed by atoms with E-state index in [2.05, 4.69) is 5.32 Å². The largest absolute Gasteiger partial charge is 0.354 e. The molecule has 1 fully saturated rings. The van der Waals surface area contributed by atoms with Gasteiger partial charge in [0, 0.05) is 25.6 Å². The van der Waals surface area contributed by atoms with Crippen LogP contribution in [0.25, 0.3) is 0 Å². The average molecular weight is 358 g/mol. The molecule has 2 amide bonds. The number of nitrogens with one attached hydrogen (secondary N) is 1. The van der Waals surface area contributed by atoms with Crippen molar-refractivity contribution in [3.05, 3.63) is 71.3 Å². The maximum atomic E-state index is 13.9. The number of benzene rings is 2. The summed E-state index contributed by atoms with van der Waals surface area (Å²) in [6.45, 7) is 0.913. The minimum Gasteiger partial charge on any atom is -0.354 e. The molecule has 1 atom stereocenters. The monoisotopic (exact) mass is 358 g/mol. The van der Waals surface area contributed by atoms with E-state index >= 15 is 0 Å². The fraction of sp³-hybridized carbons (Fsp3) is 0.300. The topological polar surface area (TPSA) is 49.4 Å². The van der Waals surface area contributed by atoms with Crippen LogP contribution in [-0.2, 0) is 22.4 Å². The van der Waals surface area contributed by atoms with Gasteiger partial charge in [-0.1, -0.05) is 36.4 Å². The van der Waals surface area contributed by atoms with Crippen molar-refractivity contribution >= 4 is 11.8 Å². The van der Waals surface area contributed by atoms with Crippen LogP contribution < -0.4 is 5.32 Å². The van der Waals surface area contributed by atoms with Crippen molar-refractivity contribution in [3.63, 3.8) is 0 Å². The van der Waals surface area contributed by atoms with Gasteiger partial charge in [-0.05, 0) is 23.6 Å². The minimum atomic E-state index is -0.753. The molecule has 2 aromatic rings. The van der Waals surface area contributed by atoms with Crippen molar-refractivity contribution < 1.29 is 18.4 Å². The van der Waals surface area contributed by atoms with Gasteiger partial charge >= 0.3 is 0 Å². The Labute approximate surface area is 150 Å². The van der Waals surface area contributed by atoms with E-state index in [0.717, 1.165) is 17.7 Å². The van der Waals surface area contributed by atoms with E-state index in [9.17, 15) is 18.4 Å². The highest BCUT2D eigenvalue weighted by atomic mass is 19.1. The highest BCUT2D eigenvalue weighted by Gasteiger charge is 2.31. The molecule has 3 rings (SSSR count). The van der Waals surface area contributed by atoms with E-state index in [1.807, 2.05) is 30.3 Å². The fourth-order valence-electron chi connectivity index (χ4n) is 3.14. The smallest absolute Gasteiger partial charge is 0.243 e. The molecule has 1 heterocycles. The van der Waals surface area contributed by atoms with Gasteiger partial charge in [0.05, 0.1) is 6.42 Å². The maximum absolute atomic E-state index is 13.9. The number of hydrogen-bond donors (Lipinski definition) is 1. The van der Waals surface area contributed by atoms with Gasteiger partial charge in [-0.25, -0.2) is 8.78 Å². The number of amides is 2. The molecule has 4 nitrogen and oxygen atoms in total. The third-order valence-electron chi connectivity index (χ3n) is 4.50. The molecule has 2 aromatic carbocycles. The van der Waals surface area contributed by atoms with Gasteiger partial charge in [0.2, 0.25) is 11.8 Å². The Morgan fingerprint density at radius 1 is 1.15 bits per heavy atom. The van der Waals surface area contributed by atoms with Crippen LogP contribution in [0, 0.1) is 11.6 Å². The standard InChI is InChI=1S/C20H20F2N2O2/c21-16-8-7-15(17(22)13-16)12-19(25)24-10-4-9-23-20(26)18(24)11-14-5-2-1-3-6-14/h1-3,5-8,13,18H,4,9-12H2,(H,23,26). The Balaban J connectivity index is 1.81. The SMILES string of the molecule is O=C1NCCCN(C(=O)Cc2ccc(F)cc2F)C1Cc1ccccc1. The van der Waals surface area contributed by atoms with Crippen molar-refractivity contribution in [1.29, 1.82) is 0 Å². The first-order valence-corrected chi connectivity index (χ1v) is 8.59. The lowest BCUT2D eigenvalue weighted by atomic mass is 10.0. The van der Waals surface area contributed by atoms with Gasteiger partial charge in [0.25, 0.3) is 0 Å². The lowest BCUT2D eigenvalue weighted by Crippen LogP contribution is -2.49. The Morgan fingerprint density at radius 2 is 1.92 bits per heavy atom. The molecule has 1 aliphatic rings. The molecule has 0 spiro atoms. The second-order valence-corrected chi connectivity index (χ2v) is 6.35. The van der Waals surface area contributed by atoms with Crippen molar-refractivity contribution in [2.75, 3.05) is 13.1 Å². The van der Waals surface area contributed by atoms with Crippen molar-refractivity contribution in [3.8, 4) is 0 Å². The Bertz CT molecular complexity index is 796. The predicted octanol–water partition coefficient (Wildman–Crippen LogP) is 2.47. The van der Waals surface area contributed by atoms with Crippen LogP contribution in [0.15, 0.2) is 48.5 Å². The molecule has 0 saturated carbocycles. The van der Waals surface area contributed by atoms with Crippen LogP contribution >= 0.6 is 0 Å². The number of halogens is 2. The van der Waals surface area contributed by atoms with Crippen LogP contribution in [-0.4, -0.2) is 35.8 Å². The zero-order valence-corrected chi connectivity index (χ0v) is 14.3. The zero-order chi connectivity index (χ0) is 18.5. The molecule has 0 aliphatic carbocycles. The lowest BCUT2D eigenvalue weighted by Gasteiger charge is -2.29. The summed E-state index contributed by atoms with van der Waals surface area (Å²) in [5.74, 6) is -1.99. The van der Waals surface area contributed by atoms with Gasteiger partial charge in [-0.3, -0.25) is 9.59 Å². The summed E-state index contributed by atoms with van der Waals surface area (Å²) in [5.41, 5.74) is 1.07. The van der Waals surface area contributed by atoms with Gasteiger partial charge < -0.3 is 10.2 Å². The molecule has 136 valence electrons. The summed E-state index contributed by atoms with van der Waals surface area (Å²) in [6, 6.07) is 12.0. The van der Waals surface area contributed by atoms with E-state index in [-0.39, 0.29) is 23.8 Å². The summed E-state index contributed by atoms with van der Waals surface area (Å²) < 4.78 is 26.9. The number of carbonyl (C=O) groups excluding carboxylic acids is 2. The van der Waals surface area contributed by atoms with Crippen LogP contribution in [0.1, 0.15) is 17.5 Å². The number of hydrogen-bond acceptors (Lipinski definition) is 2. The highest BCUT2D eigenvalue weighted by molar-refractivity contribution is 5.89. The molecule has 0 bridgehead atoms. The molecule has 0 aromatic heterocycles. The Kier molecular flexibility index (Phi) is 5.61. The van der Waals surface area contributed by atoms with E-state index in [4.69, 9.17) is 0 Å². The van der Waals surface area contributed by atoms with E-state index in [1.54, 1.807) is 0 Å². The molecule has 1 aliphatic heterocycles. The van der Waals surface area contributed by atoms with Crippen LogP contribution in [0.5, 0.6) is 0 Å². The van der Waals surface area contributed by atoms with Crippen LogP contribution in [0.2, 0.25) is 0 Å².